The van der Waals surface area contributed by atoms with Gasteiger partial charge < -0.3 is 5.32 Å². The Hall–Kier alpha value is -0.330. The Bertz CT molecular complexity index is 147. The molecule has 3 N–H and O–H groups in total. The molecule has 6 heteroatoms. The van der Waals surface area contributed by atoms with Gasteiger partial charge in [-0.2, -0.15) is 13.2 Å². The molecule has 1 saturated heterocycles. The van der Waals surface area contributed by atoms with Crippen LogP contribution in [0.5, 0.6) is 0 Å². The summed E-state index contributed by atoms with van der Waals surface area (Å²) in [7, 11) is 0. The van der Waals surface area contributed by atoms with Gasteiger partial charge in [-0.05, 0) is 6.42 Å². The Labute approximate surface area is 68.7 Å². The van der Waals surface area contributed by atoms with E-state index in [2.05, 4.69) is 5.32 Å². The van der Waals surface area contributed by atoms with Crippen molar-refractivity contribution in [2.75, 3.05) is 19.6 Å². The molecule has 0 bridgehead atoms. The molecule has 0 spiro atoms. The molecule has 1 aliphatic heterocycles. The molecule has 1 unspecified atom stereocenters. The number of hydrazine groups is 1. The van der Waals surface area contributed by atoms with E-state index < -0.39 is 12.7 Å². The maximum atomic E-state index is 11.7. The molecule has 0 aromatic heterocycles. The molecule has 0 saturated carbocycles. The van der Waals surface area contributed by atoms with E-state index in [1.165, 1.54) is 5.01 Å². The van der Waals surface area contributed by atoms with Crippen molar-refractivity contribution in [3.8, 4) is 0 Å². The van der Waals surface area contributed by atoms with Crippen molar-refractivity contribution < 1.29 is 13.2 Å². The van der Waals surface area contributed by atoms with Crippen LogP contribution in [0.25, 0.3) is 0 Å². The fourth-order valence-corrected chi connectivity index (χ4v) is 1.21. The maximum absolute atomic E-state index is 11.7. The van der Waals surface area contributed by atoms with E-state index in [1.54, 1.807) is 0 Å². The zero-order valence-electron chi connectivity index (χ0n) is 6.56. The Morgan fingerprint density at radius 2 is 2.17 bits per heavy atom. The third-order valence-corrected chi connectivity index (χ3v) is 1.81. The van der Waals surface area contributed by atoms with Crippen LogP contribution in [-0.2, 0) is 0 Å². The highest BCUT2D eigenvalue weighted by atomic mass is 19.4. The summed E-state index contributed by atoms with van der Waals surface area (Å²) in [5.74, 6) is 5.38. The summed E-state index contributed by atoms with van der Waals surface area (Å²) in [6.45, 7) is 0.233. The van der Waals surface area contributed by atoms with Crippen molar-refractivity contribution in [1.82, 2.24) is 10.3 Å². The van der Waals surface area contributed by atoms with Gasteiger partial charge in [-0.25, -0.2) is 5.01 Å². The highest BCUT2D eigenvalue weighted by Crippen LogP contribution is 2.14. The molecule has 1 heterocycles. The number of alkyl halides is 3. The molecule has 1 atom stereocenters. The van der Waals surface area contributed by atoms with E-state index in [-0.39, 0.29) is 6.04 Å². The summed E-state index contributed by atoms with van der Waals surface area (Å²) in [6.07, 6.45) is -3.44. The molecule has 72 valence electrons. The van der Waals surface area contributed by atoms with Crippen molar-refractivity contribution >= 4 is 0 Å². The first kappa shape index (κ1) is 9.76. The molecule has 12 heavy (non-hydrogen) atoms. The van der Waals surface area contributed by atoms with Crippen LogP contribution in [0.1, 0.15) is 6.42 Å². The minimum Gasteiger partial charge on any atom is -0.305 e. The zero-order valence-corrected chi connectivity index (χ0v) is 6.56. The first-order valence-electron chi connectivity index (χ1n) is 3.77. The van der Waals surface area contributed by atoms with Crippen LogP contribution < -0.4 is 11.2 Å². The number of nitrogens with two attached hydrogens (primary N) is 1. The monoisotopic (exact) mass is 183 g/mol. The van der Waals surface area contributed by atoms with Gasteiger partial charge in [0.05, 0.1) is 6.54 Å². The lowest BCUT2D eigenvalue weighted by Crippen LogP contribution is -2.39. The number of nitrogens with one attached hydrogen (secondary N) is 1. The van der Waals surface area contributed by atoms with Crippen LogP contribution in [-0.4, -0.2) is 36.9 Å². The quantitative estimate of drug-likeness (QED) is 0.596. The van der Waals surface area contributed by atoms with Crippen molar-refractivity contribution in [3.63, 3.8) is 0 Å². The highest BCUT2D eigenvalue weighted by Gasteiger charge is 2.29. The van der Waals surface area contributed by atoms with E-state index in [9.17, 15) is 13.2 Å². The van der Waals surface area contributed by atoms with Crippen LogP contribution in [0.15, 0.2) is 0 Å². The summed E-state index contributed by atoms with van der Waals surface area (Å²) in [5, 5.41) is 3.93. The lowest BCUT2D eigenvalue weighted by molar-refractivity contribution is -0.126. The van der Waals surface area contributed by atoms with Crippen molar-refractivity contribution in [1.29, 1.82) is 0 Å². The summed E-state index contributed by atoms with van der Waals surface area (Å²) in [5.41, 5.74) is 0. The van der Waals surface area contributed by atoms with Gasteiger partial charge in [0.15, 0.2) is 0 Å². The summed E-state index contributed by atoms with van der Waals surface area (Å²) < 4.78 is 35.1. The predicted octanol–water partition coefficient (Wildman–Crippen LogP) is 0.0863. The smallest absolute Gasteiger partial charge is 0.305 e. The van der Waals surface area contributed by atoms with E-state index >= 15 is 0 Å². The number of nitrogens with zero attached hydrogens (tertiary/aromatic N) is 1. The molecular weight excluding hydrogens is 171 g/mol. The van der Waals surface area contributed by atoms with Gasteiger partial charge in [-0.15, -0.1) is 0 Å². The van der Waals surface area contributed by atoms with Crippen molar-refractivity contribution in [3.05, 3.63) is 0 Å². The van der Waals surface area contributed by atoms with Gasteiger partial charge in [0.1, 0.15) is 0 Å². The third-order valence-electron chi connectivity index (χ3n) is 1.81. The van der Waals surface area contributed by atoms with Crippen LogP contribution in [0.2, 0.25) is 0 Å². The predicted molar refractivity (Wildman–Crippen MR) is 38.2 cm³/mol. The molecule has 0 aromatic carbocycles. The Kier molecular flexibility index (Phi) is 2.92. The molecule has 0 aromatic rings. The van der Waals surface area contributed by atoms with Crippen LogP contribution in [0, 0.1) is 0 Å². The van der Waals surface area contributed by atoms with Gasteiger partial charge >= 0.3 is 6.18 Å². The fourth-order valence-electron chi connectivity index (χ4n) is 1.21. The topological polar surface area (TPSA) is 41.3 Å². The first-order chi connectivity index (χ1) is 5.47. The lowest BCUT2D eigenvalue weighted by Gasteiger charge is -2.13. The molecule has 3 nitrogen and oxygen atoms in total. The van der Waals surface area contributed by atoms with Gasteiger partial charge in [0.25, 0.3) is 0 Å². The number of halogens is 3. The zero-order chi connectivity index (χ0) is 9.19. The van der Waals surface area contributed by atoms with Crippen LogP contribution in [0.3, 0.4) is 0 Å². The SMILES string of the molecule is NN1CCC(NCC(F)(F)F)C1. The standard InChI is InChI=1S/C6H12F3N3/c7-6(8,9)4-11-5-1-2-12(10)3-5/h5,11H,1-4,10H2. The summed E-state index contributed by atoms with van der Waals surface area (Å²) in [4.78, 5) is 0. The molecule has 0 radical (unpaired) electrons. The maximum Gasteiger partial charge on any atom is 0.401 e. The Morgan fingerprint density at radius 3 is 2.58 bits per heavy atom. The average Bonchev–Trinajstić information content (AvgIpc) is 2.30. The van der Waals surface area contributed by atoms with Crippen molar-refractivity contribution in [2.45, 2.75) is 18.6 Å². The van der Waals surface area contributed by atoms with E-state index in [4.69, 9.17) is 5.84 Å². The summed E-state index contributed by atoms with van der Waals surface area (Å²) in [6, 6.07) is -0.114. The van der Waals surface area contributed by atoms with Crippen LogP contribution >= 0.6 is 0 Å². The molecular formula is C6H12F3N3. The Morgan fingerprint density at radius 1 is 1.50 bits per heavy atom. The van der Waals surface area contributed by atoms with Gasteiger partial charge in [-0.3, -0.25) is 5.84 Å². The van der Waals surface area contributed by atoms with Gasteiger partial charge in [0.2, 0.25) is 0 Å². The molecule has 0 amide bonds. The van der Waals surface area contributed by atoms with E-state index in [0.717, 1.165) is 0 Å². The molecule has 1 aliphatic rings. The number of hydrogen-bond acceptors (Lipinski definition) is 3. The lowest BCUT2D eigenvalue weighted by atomic mass is 10.2. The second-order valence-corrected chi connectivity index (χ2v) is 2.98. The first-order valence-corrected chi connectivity index (χ1v) is 3.77. The average molecular weight is 183 g/mol. The second-order valence-electron chi connectivity index (χ2n) is 2.98. The van der Waals surface area contributed by atoms with Gasteiger partial charge in [-0.1, -0.05) is 0 Å². The highest BCUT2D eigenvalue weighted by molar-refractivity contribution is 4.78. The molecule has 1 fully saturated rings. The van der Waals surface area contributed by atoms with Crippen molar-refractivity contribution in [2.24, 2.45) is 5.84 Å². The third kappa shape index (κ3) is 3.38. The Balaban J connectivity index is 2.16. The number of rotatable bonds is 2. The normalized spacial score (nSPS) is 26.5. The van der Waals surface area contributed by atoms with E-state index in [0.29, 0.717) is 19.5 Å². The molecule has 1 rings (SSSR count). The second kappa shape index (κ2) is 3.59. The van der Waals surface area contributed by atoms with Gasteiger partial charge in [0, 0.05) is 19.1 Å². The van der Waals surface area contributed by atoms with Crippen LogP contribution in [0.4, 0.5) is 13.2 Å². The minimum absolute atomic E-state index is 0.114. The largest absolute Gasteiger partial charge is 0.401 e. The fraction of sp³-hybridized carbons (Fsp3) is 1.00. The number of hydrogen-bond donors (Lipinski definition) is 2. The van der Waals surface area contributed by atoms with E-state index in [1.807, 2.05) is 0 Å². The summed E-state index contributed by atoms with van der Waals surface area (Å²) >= 11 is 0. The minimum atomic E-state index is -4.12. The molecule has 0 aliphatic carbocycles.